The molecule has 1 N–H and O–H groups in total. The van der Waals surface area contributed by atoms with Crippen molar-refractivity contribution in [2.75, 3.05) is 25.0 Å². The molecule has 0 aromatic carbocycles. The molecule has 0 aliphatic carbocycles. The second kappa shape index (κ2) is 5.12. The molecule has 0 spiro atoms. The van der Waals surface area contributed by atoms with Crippen molar-refractivity contribution >= 4 is 5.82 Å². The van der Waals surface area contributed by atoms with E-state index in [0.717, 1.165) is 25.3 Å². The van der Waals surface area contributed by atoms with Crippen LogP contribution < -0.4 is 10.2 Å². The van der Waals surface area contributed by atoms with Crippen LogP contribution in [0.1, 0.15) is 24.9 Å². The Labute approximate surface area is 97.2 Å². The Bertz CT molecular complexity index is 373. The fourth-order valence-electron chi connectivity index (χ4n) is 1.89. The van der Waals surface area contributed by atoms with Crippen LogP contribution in [0.25, 0.3) is 0 Å². The molecule has 3 nitrogen and oxygen atoms in total. The van der Waals surface area contributed by atoms with E-state index >= 15 is 0 Å². The van der Waals surface area contributed by atoms with Crippen LogP contribution in [0.4, 0.5) is 5.82 Å². The van der Waals surface area contributed by atoms with Crippen LogP contribution >= 0.6 is 0 Å². The van der Waals surface area contributed by atoms with E-state index in [4.69, 9.17) is 0 Å². The minimum atomic E-state index is 0.377. The third-order valence-electron chi connectivity index (χ3n) is 3.08. The van der Waals surface area contributed by atoms with Crippen LogP contribution in [0.5, 0.6) is 0 Å². The summed E-state index contributed by atoms with van der Waals surface area (Å²) in [7, 11) is 1.98. The van der Waals surface area contributed by atoms with Crippen molar-refractivity contribution in [2.45, 2.75) is 19.4 Å². The van der Waals surface area contributed by atoms with Crippen LogP contribution in [-0.4, -0.2) is 25.1 Å². The highest BCUT2D eigenvalue weighted by Gasteiger charge is 2.10. The number of nitrogens with one attached hydrogen (secondary N) is 1. The van der Waals surface area contributed by atoms with Gasteiger partial charge in [0.15, 0.2) is 0 Å². The van der Waals surface area contributed by atoms with Crippen molar-refractivity contribution in [2.24, 2.45) is 0 Å². The zero-order valence-corrected chi connectivity index (χ0v) is 9.98. The van der Waals surface area contributed by atoms with Gasteiger partial charge in [-0.3, -0.25) is 0 Å². The molecule has 0 amide bonds. The largest absolute Gasteiger partial charge is 0.353 e. The summed E-state index contributed by atoms with van der Waals surface area (Å²) in [6, 6.07) is 4.63. The minimum Gasteiger partial charge on any atom is -0.353 e. The van der Waals surface area contributed by atoms with E-state index in [1.807, 2.05) is 13.2 Å². The van der Waals surface area contributed by atoms with E-state index in [9.17, 15) is 0 Å². The second-order valence-electron chi connectivity index (χ2n) is 4.16. The maximum absolute atomic E-state index is 4.44. The first-order valence-corrected chi connectivity index (χ1v) is 5.84. The molecule has 86 valence electrons. The maximum Gasteiger partial charge on any atom is 0.129 e. The highest BCUT2D eigenvalue weighted by atomic mass is 15.2. The average Bonchev–Trinajstić information content (AvgIpc) is 2.39. The summed E-state index contributed by atoms with van der Waals surface area (Å²) >= 11 is 0. The third kappa shape index (κ3) is 2.42. The topological polar surface area (TPSA) is 28.2 Å². The molecule has 2 rings (SSSR count). The molecule has 0 saturated heterocycles. The summed E-state index contributed by atoms with van der Waals surface area (Å²) in [5.74, 6) is 1.09. The normalized spacial score (nSPS) is 17.5. The maximum atomic E-state index is 4.44. The summed E-state index contributed by atoms with van der Waals surface area (Å²) in [5.41, 5.74) is 1.29. The van der Waals surface area contributed by atoms with Gasteiger partial charge in [-0.1, -0.05) is 12.2 Å². The number of anilines is 1. The van der Waals surface area contributed by atoms with Gasteiger partial charge in [-0.25, -0.2) is 4.98 Å². The summed E-state index contributed by atoms with van der Waals surface area (Å²) in [4.78, 5) is 6.76. The van der Waals surface area contributed by atoms with Crippen LogP contribution in [-0.2, 0) is 0 Å². The lowest BCUT2D eigenvalue weighted by Crippen LogP contribution is -2.27. The van der Waals surface area contributed by atoms with Gasteiger partial charge in [0.05, 0.1) is 0 Å². The molecule has 16 heavy (non-hydrogen) atoms. The number of nitrogens with zero attached hydrogens (tertiary/aromatic N) is 2. The van der Waals surface area contributed by atoms with Gasteiger partial charge in [0.1, 0.15) is 5.82 Å². The van der Waals surface area contributed by atoms with Gasteiger partial charge in [-0.2, -0.15) is 0 Å². The Morgan fingerprint density at radius 1 is 1.44 bits per heavy atom. The lowest BCUT2D eigenvalue weighted by atomic mass is 10.1. The monoisotopic (exact) mass is 217 g/mol. The molecule has 1 aliphatic rings. The quantitative estimate of drug-likeness (QED) is 0.786. The molecule has 0 saturated carbocycles. The summed E-state index contributed by atoms with van der Waals surface area (Å²) in [6.45, 7) is 4.21. The highest BCUT2D eigenvalue weighted by molar-refractivity contribution is 5.43. The van der Waals surface area contributed by atoms with E-state index in [-0.39, 0.29) is 0 Å². The molecule has 1 unspecified atom stereocenters. The van der Waals surface area contributed by atoms with E-state index in [0.29, 0.717) is 6.04 Å². The van der Waals surface area contributed by atoms with Crippen molar-refractivity contribution in [3.05, 3.63) is 36.0 Å². The summed E-state index contributed by atoms with van der Waals surface area (Å²) < 4.78 is 0. The van der Waals surface area contributed by atoms with E-state index in [1.54, 1.807) is 0 Å². The Hall–Kier alpha value is -1.35. The second-order valence-corrected chi connectivity index (χ2v) is 4.16. The minimum absolute atomic E-state index is 0.377. The zero-order chi connectivity index (χ0) is 11.4. The number of hydrogen-bond acceptors (Lipinski definition) is 3. The Morgan fingerprint density at radius 2 is 2.31 bits per heavy atom. The number of rotatable bonds is 3. The van der Waals surface area contributed by atoms with Crippen LogP contribution in [0.3, 0.4) is 0 Å². The predicted molar refractivity (Wildman–Crippen MR) is 67.7 cm³/mol. The van der Waals surface area contributed by atoms with E-state index in [1.165, 1.54) is 5.56 Å². The van der Waals surface area contributed by atoms with Gasteiger partial charge in [-0.15, -0.1) is 0 Å². The lowest BCUT2D eigenvalue weighted by molar-refractivity contribution is 0.650. The molecule has 1 aromatic heterocycles. The van der Waals surface area contributed by atoms with Gasteiger partial charge in [-0.05, 0) is 38.1 Å². The summed E-state index contributed by atoms with van der Waals surface area (Å²) in [5, 5.41) is 3.25. The Morgan fingerprint density at radius 3 is 3.00 bits per heavy atom. The molecule has 1 aliphatic heterocycles. The highest BCUT2D eigenvalue weighted by Crippen LogP contribution is 2.19. The molecule has 1 aromatic rings. The smallest absolute Gasteiger partial charge is 0.129 e. The third-order valence-corrected chi connectivity index (χ3v) is 3.08. The van der Waals surface area contributed by atoms with Crippen molar-refractivity contribution < 1.29 is 0 Å². The standard InChI is InChI=1S/C13H19N3/c1-11(14-2)12-6-7-15-13(10-12)16-8-4-3-5-9-16/h3-4,6-7,10-11,14H,5,8-9H2,1-2H3. The first-order valence-electron chi connectivity index (χ1n) is 5.84. The predicted octanol–water partition coefficient (Wildman–Crippen LogP) is 2.13. The van der Waals surface area contributed by atoms with Crippen LogP contribution in [0.15, 0.2) is 30.5 Å². The summed E-state index contributed by atoms with van der Waals surface area (Å²) in [6.07, 6.45) is 7.46. The molecular formula is C13H19N3. The first-order chi connectivity index (χ1) is 7.81. The van der Waals surface area contributed by atoms with Crippen molar-refractivity contribution in [1.29, 1.82) is 0 Å². The average molecular weight is 217 g/mol. The molecular weight excluding hydrogens is 198 g/mol. The Balaban J connectivity index is 2.18. The van der Waals surface area contributed by atoms with Gasteiger partial charge >= 0.3 is 0 Å². The fourth-order valence-corrected chi connectivity index (χ4v) is 1.89. The van der Waals surface area contributed by atoms with E-state index in [2.05, 4.69) is 46.4 Å². The zero-order valence-electron chi connectivity index (χ0n) is 9.98. The first kappa shape index (κ1) is 11.1. The van der Waals surface area contributed by atoms with Crippen LogP contribution in [0, 0.1) is 0 Å². The van der Waals surface area contributed by atoms with Gasteiger partial charge in [0.2, 0.25) is 0 Å². The SMILES string of the molecule is CNC(C)c1ccnc(N2CC=CCC2)c1. The number of hydrogen-bond donors (Lipinski definition) is 1. The molecule has 0 radical (unpaired) electrons. The Kier molecular flexibility index (Phi) is 3.57. The molecule has 2 heterocycles. The van der Waals surface area contributed by atoms with Crippen molar-refractivity contribution in [3.63, 3.8) is 0 Å². The molecule has 0 fully saturated rings. The van der Waals surface area contributed by atoms with Gasteiger partial charge in [0, 0.05) is 25.3 Å². The fraction of sp³-hybridized carbons (Fsp3) is 0.462. The van der Waals surface area contributed by atoms with Crippen LogP contribution in [0.2, 0.25) is 0 Å². The molecule has 1 atom stereocenters. The lowest BCUT2D eigenvalue weighted by Gasteiger charge is -2.25. The number of pyridine rings is 1. The molecule has 3 heteroatoms. The molecule has 0 bridgehead atoms. The van der Waals surface area contributed by atoms with Gasteiger partial charge < -0.3 is 10.2 Å². The van der Waals surface area contributed by atoms with Crippen molar-refractivity contribution in [1.82, 2.24) is 10.3 Å². The number of aromatic nitrogens is 1. The van der Waals surface area contributed by atoms with E-state index < -0.39 is 0 Å². The van der Waals surface area contributed by atoms with Crippen molar-refractivity contribution in [3.8, 4) is 0 Å². The van der Waals surface area contributed by atoms with Gasteiger partial charge in [0.25, 0.3) is 0 Å².